The van der Waals surface area contributed by atoms with E-state index in [1.807, 2.05) is 29.8 Å². The number of aromatic nitrogens is 2. The lowest BCUT2D eigenvalue weighted by atomic mass is 9.64. The fourth-order valence-corrected chi connectivity index (χ4v) is 6.07. The molecular formula is C24H27N5O. The van der Waals surface area contributed by atoms with Crippen LogP contribution < -0.4 is 5.32 Å². The summed E-state index contributed by atoms with van der Waals surface area (Å²) in [5.74, 6) is 0.455. The summed E-state index contributed by atoms with van der Waals surface area (Å²) in [5, 5.41) is 3.49. The van der Waals surface area contributed by atoms with E-state index >= 15 is 0 Å². The van der Waals surface area contributed by atoms with Crippen molar-refractivity contribution in [3.05, 3.63) is 66.0 Å². The van der Waals surface area contributed by atoms with Crippen LogP contribution in [0.3, 0.4) is 0 Å². The summed E-state index contributed by atoms with van der Waals surface area (Å²) >= 11 is 0. The van der Waals surface area contributed by atoms with Gasteiger partial charge in [0.05, 0.1) is 17.4 Å². The van der Waals surface area contributed by atoms with Crippen LogP contribution in [-0.4, -0.2) is 70.6 Å². The number of fused-ring (bicyclic) bond motifs is 2. The molecule has 2 unspecified atom stereocenters. The number of benzene rings is 2. The average molecular weight is 402 g/mol. The third kappa shape index (κ3) is 2.71. The van der Waals surface area contributed by atoms with Gasteiger partial charge in [-0.3, -0.25) is 4.79 Å². The summed E-state index contributed by atoms with van der Waals surface area (Å²) in [4.78, 5) is 23.0. The Morgan fingerprint density at radius 3 is 2.53 bits per heavy atom. The zero-order valence-electron chi connectivity index (χ0n) is 17.3. The quantitative estimate of drug-likeness (QED) is 0.728. The van der Waals surface area contributed by atoms with Crippen LogP contribution in [0.15, 0.2) is 54.9 Å². The minimum atomic E-state index is -0.0658. The summed E-state index contributed by atoms with van der Waals surface area (Å²) in [6.45, 7) is 6.40. The highest BCUT2D eigenvalue weighted by molar-refractivity contribution is 5.97. The number of carbonyl (C=O) groups excluding carboxylic acids is 1. The average Bonchev–Trinajstić information content (AvgIpc) is 2.95. The minimum Gasteiger partial charge on any atom is -0.348 e. The standard InChI is InChI=1S/C24H27N5O/c1-27-16-25-20-11-17(7-8-21(20)27)23(30)26-22-18-12-28-9-10-29(13-18)15-24(22,14-28)19-5-3-2-4-6-19/h2-8,11,16,18,22H,9-10,12-15H2,1H3,(H,26,30)/t18?,22-,24?/m0/s1. The molecule has 0 saturated carbocycles. The van der Waals surface area contributed by atoms with Crippen molar-refractivity contribution >= 4 is 16.9 Å². The molecule has 0 aliphatic carbocycles. The number of hydrogen-bond acceptors (Lipinski definition) is 4. The molecule has 0 spiro atoms. The molecular weight excluding hydrogens is 374 g/mol. The van der Waals surface area contributed by atoms with Crippen molar-refractivity contribution in [2.75, 3.05) is 39.3 Å². The molecule has 1 amide bonds. The van der Waals surface area contributed by atoms with Crippen LogP contribution in [0.2, 0.25) is 0 Å². The van der Waals surface area contributed by atoms with E-state index in [9.17, 15) is 4.79 Å². The maximum atomic E-state index is 13.4. The highest BCUT2D eigenvalue weighted by Crippen LogP contribution is 2.43. The molecule has 1 aromatic heterocycles. The largest absolute Gasteiger partial charge is 0.348 e. The van der Waals surface area contributed by atoms with Crippen LogP contribution in [0.4, 0.5) is 0 Å². The molecule has 2 aromatic carbocycles. The zero-order chi connectivity index (χ0) is 20.3. The predicted octanol–water partition coefficient (Wildman–Crippen LogP) is 1.87. The summed E-state index contributed by atoms with van der Waals surface area (Å²) in [5.41, 5.74) is 3.87. The first kappa shape index (κ1) is 18.1. The number of nitrogens with one attached hydrogen (secondary N) is 1. The number of imidazole rings is 1. The van der Waals surface area contributed by atoms with Gasteiger partial charge in [-0.1, -0.05) is 30.3 Å². The van der Waals surface area contributed by atoms with Crippen LogP contribution >= 0.6 is 0 Å². The van der Waals surface area contributed by atoms with Crippen molar-refractivity contribution in [2.45, 2.75) is 11.5 Å². The van der Waals surface area contributed by atoms with Gasteiger partial charge in [0.25, 0.3) is 5.91 Å². The van der Waals surface area contributed by atoms with E-state index in [1.54, 1.807) is 6.33 Å². The van der Waals surface area contributed by atoms with Crippen LogP contribution in [-0.2, 0) is 12.5 Å². The SMILES string of the molecule is Cn1cnc2cc(C(=O)N[C@H]3C4CN5CCN(C4)CC3(c3ccccc3)C5)ccc21. The Balaban J connectivity index is 1.37. The second-order valence-electron chi connectivity index (χ2n) is 9.26. The van der Waals surface area contributed by atoms with E-state index in [1.165, 1.54) is 5.56 Å². The Hall–Kier alpha value is -2.70. The Kier molecular flexibility index (Phi) is 4.01. The number of aryl methyl sites for hydroxylation is 1. The minimum absolute atomic E-state index is 0.0130. The van der Waals surface area contributed by atoms with Crippen molar-refractivity contribution in [3.8, 4) is 0 Å². The molecule has 0 radical (unpaired) electrons. The van der Waals surface area contributed by atoms with Crippen LogP contribution in [0, 0.1) is 5.92 Å². The van der Waals surface area contributed by atoms with Gasteiger partial charge < -0.3 is 19.7 Å². The van der Waals surface area contributed by atoms with E-state index in [0.29, 0.717) is 11.5 Å². The fourth-order valence-electron chi connectivity index (χ4n) is 6.07. The number of carbonyl (C=O) groups is 1. The van der Waals surface area contributed by atoms with Gasteiger partial charge in [0.2, 0.25) is 0 Å². The molecule has 3 aromatic rings. The Labute approximate surface area is 176 Å². The van der Waals surface area contributed by atoms with E-state index < -0.39 is 0 Å². The maximum absolute atomic E-state index is 13.4. The molecule has 7 rings (SSSR count). The first-order valence-corrected chi connectivity index (χ1v) is 10.8. The normalized spacial score (nSPS) is 32.3. The summed E-state index contributed by atoms with van der Waals surface area (Å²) in [6.07, 6.45) is 1.79. The molecule has 30 heavy (non-hydrogen) atoms. The molecule has 6 nitrogen and oxygen atoms in total. The number of amides is 1. The van der Waals surface area contributed by atoms with Gasteiger partial charge in [-0.15, -0.1) is 0 Å². The molecule has 154 valence electrons. The second-order valence-corrected chi connectivity index (χ2v) is 9.26. The monoisotopic (exact) mass is 401 g/mol. The van der Waals surface area contributed by atoms with Gasteiger partial charge in [0.15, 0.2) is 0 Å². The molecule has 5 heterocycles. The Bertz CT molecular complexity index is 1090. The lowest BCUT2D eigenvalue weighted by Crippen LogP contribution is -2.70. The summed E-state index contributed by atoms with van der Waals surface area (Å²) < 4.78 is 1.98. The molecule has 1 N–H and O–H groups in total. The van der Waals surface area contributed by atoms with E-state index in [4.69, 9.17) is 0 Å². The van der Waals surface area contributed by atoms with Gasteiger partial charge in [-0.05, 0) is 23.8 Å². The molecule has 4 aliphatic rings. The maximum Gasteiger partial charge on any atom is 0.251 e. The van der Waals surface area contributed by atoms with Crippen molar-refractivity contribution < 1.29 is 4.79 Å². The number of piperidine rings is 2. The highest BCUT2D eigenvalue weighted by atomic mass is 16.1. The van der Waals surface area contributed by atoms with Crippen molar-refractivity contribution in [1.82, 2.24) is 24.7 Å². The lowest BCUT2D eigenvalue weighted by molar-refractivity contribution is 0.0180. The van der Waals surface area contributed by atoms with Gasteiger partial charge in [-0.2, -0.15) is 0 Å². The smallest absolute Gasteiger partial charge is 0.251 e. The third-order valence-corrected chi connectivity index (χ3v) is 7.42. The van der Waals surface area contributed by atoms with Gasteiger partial charge >= 0.3 is 0 Å². The number of hydrogen-bond donors (Lipinski definition) is 1. The zero-order valence-corrected chi connectivity index (χ0v) is 17.3. The molecule has 4 bridgehead atoms. The first-order valence-electron chi connectivity index (χ1n) is 10.8. The fraction of sp³-hybridized carbons (Fsp3) is 0.417. The molecule has 4 saturated heterocycles. The van der Waals surface area contributed by atoms with Crippen LogP contribution in [0.1, 0.15) is 15.9 Å². The van der Waals surface area contributed by atoms with Crippen molar-refractivity contribution in [2.24, 2.45) is 13.0 Å². The first-order chi connectivity index (χ1) is 14.6. The third-order valence-electron chi connectivity index (χ3n) is 7.42. The van der Waals surface area contributed by atoms with Gasteiger partial charge in [-0.25, -0.2) is 4.98 Å². The van der Waals surface area contributed by atoms with E-state index in [-0.39, 0.29) is 17.4 Å². The van der Waals surface area contributed by atoms with Crippen LogP contribution in [0.25, 0.3) is 11.0 Å². The number of rotatable bonds is 3. The van der Waals surface area contributed by atoms with E-state index in [0.717, 1.165) is 50.3 Å². The highest BCUT2D eigenvalue weighted by Gasteiger charge is 2.55. The molecule has 4 fully saturated rings. The van der Waals surface area contributed by atoms with Crippen molar-refractivity contribution in [3.63, 3.8) is 0 Å². The molecule has 4 aliphatic heterocycles. The predicted molar refractivity (Wildman–Crippen MR) is 116 cm³/mol. The summed E-state index contributed by atoms with van der Waals surface area (Å²) in [7, 11) is 1.97. The van der Waals surface area contributed by atoms with Crippen molar-refractivity contribution in [1.29, 1.82) is 0 Å². The Morgan fingerprint density at radius 1 is 1.07 bits per heavy atom. The topological polar surface area (TPSA) is 53.4 Å². The molecule has 3 atom stereocenters. The van der Waals surface area contributed by atoms with Gasteiger partial charge in [0.1, 0.15) is 0 Å². The lowest BCUT2D eigenvalue weighted by Gasteiger charge is -2.55. The van der Waals surface area contributed by atoms with E-state index in [2.05, 4.69) is 50.4 Å². The van der Waals surface area contributed by atoms with Gasteiger partial charge in [0, 0.05) is 69.3 Å². The van der Waals surface area contributed by atoms with Crippen LogP contribution in [0.5, 0.6) is 0 Å². The Morgan fingerprint density at radius 2 is 1.80 bits per heavy atom. The number of nitrogens with zero attached hydrogens (tertiary/aromatic N) is 4. The summed E-state index contributed by atoms with van der Waals surface area (Å²) in [6, 6.07) is 16.8. The molecule has 6 heteroatoms. The second kappa shape index (κ2) is 6.65.